The van der Waals surface area contributed by atoms with E-state index < -0.39 is 0 Å². The fourth-order valence-corrected chi connectivity index (χ4v) is 1.32. The number of carbonyl (C=O) groups is 1. The van der Waals surface area contributed by atoms with Crippen LogP contribution in [0.4, 0.5) is 0 Å². The van der Waals surface area contributed by atoms with Crippen LogP contribution in [0.25, 0.3) is 0 Å². The molecule has 0 bridgehead atoms. The van der Waals surface area contributed by atoms with Gasteiger partial charge in [-0.2, -0.15) is 0 Å². The minimum absolute atomic E-state index is 0.229. The van der Waals surface area contributed by atoms with Crippen LogP contribution in [0.2, 0.25) is 0 Å². The number of rotatable bonds is 2. The molecule has 1 rings (SSSR count). The molecule has 0 atom stereocenters. The van der Waals surface area contributed by atoms with Gasteiger partial charge in [0, 0.05) is 12.0 Å². The highest BCUT2D eigenvalue weighted by molar-refractivity contribution is 5.97. The number of hydrogen-bond acceptors (Lipinski definition) is 1. The van der Waals surface area contributed by atoms with Crippen molar-refractivity contribution in [2.45, 2.75) is 27.2 Å². The van der Waals surface area contributed by atoms with E-state index in [0.29, 0.717) is 6.42 Å². The number of carbonyl (C=O) groups excluding carboxylic acids is 1. The van der Waals surface area contributed by atoms with Gasteiger partial charge in [0.2, 0.25) is 0 Å². The fraction of sp³-hybridized carbons (Fsp3) is 0.364. The van der Waals surface area contributed by atoms with Gasteiger partial charge >= 0.3 is 0 Å². The van der Waals surface area contributed by atoms with E-state index in [0.717, 1.165) is 11.1 Å². The summed E-state index contributed by atoms with van der Waals surface area (Å²) >= 11 is 0. The van der Waals surface area contributed by atoms with Crippen molar-refractivity contribution >= 4 is 5.78 Å². The van der Waals surface area contributed by atoms with Crippen molar-refractivity contribution < 1.29 is 4.79 Å². The van der Waals surface area contributed by atoms with Crippen molar-refractivity contribution in [2.75, 3.05) is 0 Å². The Labute approximate surface area is 73.4 Å². The number of aryl methyl sites for hydroxylation is 2. The van der Waals surface area contributed by atoms with Crippen molar-refractivity contribution in [3.05, 3.63) is 34.9 Å². The summed E-state index contributed by atoms with van der Waals surface area (Å²) in [7, 11) is 0. The van der Waals surface area contributed by atoms with Crippen LogP contribution in [0.3, 0.4) is 0 Å². The van der Waals surface area contributed by atoms with Gasteiger partial charge in [-0.15, -0.1) is 0 Å². The molecule has 0 radical (unpaired) electrons. The van der Waals surface area contributed by atoms with E-state index in [1.165, 1.54) is 5.56 Å². The Morgan fingerprint density at radius 3 is 2.50 bits per heavy atom. The maximum Gasteiger partial charge on any atom is 0.162 e. The summed E-state index contributed by atoms with van der Waals surface area (Å²) in [6.07, 6.45) is 0.587. The van der Waals surface area contributed by atoms with Crippen molar-refractivity contribution in [3.8, 4) is 0 Å². The van der Waals surface area contributed by atoms with E-state index in [4.69, 9.17) is 0 Å². The molecular formula is C11H14O. The van der Waals surface area contributed by atoms with Crippen LogP contribution in [0, 0.1) is 13.8 Å². The summed E-state index contributed by atoms with van der Waals surface area (Å²) in [4.78, 5) is 11.3. The largest absolute Gasteiger partial charge is 0.294 e. The van der Waals surface area contributed by atoms with Gasteiger partial charge in [-0.05, 0) is 19.4 Å². The standard InChI is InChI=1S/C11H14O/c1-4-11(12)10-6-5-8(2)7-9(10)3/h5-7H,4H2,1-3H3. The summed E-state index contributed by atoms with van der Waals surface area (Å²) in [5.74, 6) is 0.229. The first-order valence-corrected chi connectivity index (χ1v) is 4.25. The molecule has 0 amide bonds. The van der Waals surface area contributed by atoms with Gasteiger partial charge in [-0.3, -0.25) is 4.79 Å². The van der Waals surface area contributed by atoms with Crippen LogP contribution >= 0.6 is 0 Å². The highest BCUT2D eigenvalue weighted by Gasteiger charge is 2.05. The molecule has 0 N–H and O–H groups in total. The maximum atomic E-state index is 11.3. The van der Waals surface area contributed by atoms with Gasteiger partial charge in [-0.1, -0.05) is 30.7 Å². The molecule has 1 aromatic rings. The topological polar surface area (TPSA) is 17.1 Å². The quantitative estimate of drug-likeness (QED) is 0.611. The van der Waals surface area contributed by atoms with E-state index in [-0.39, 0.29) is 5.78 Å². The zero-order valence-electron chi connectivity index (χ0n) is 7.85. The first kappa shape index (κ1) is 8.98. The Balaban J connectivity index is 3.09. The minimum Gasteiger partial charge on any atom is -0.294 e. The van der Waals surface area contributed by atoms with Gasteiger partial charge in [-0.25, -0.2) is 0 Å². The summed E-state index contributed by atoms with van der Waals surface area (Å²) in [6, 6.07) is 5.94. The number of benzene rings is 1. The van der Waals surface area contributed by atoms with Crippen molar-refractivity contribution in [3.63, 3.8) is 0 Å². The SMILES string of the molecule is CCC(=O)c1ccc(C)cc1C. The Morgan fingerprint density at radius 2 is 2.00 bits per heavy atom. The lowest BCUT2D eigenvalue weighted by Crippen LogP contribution is -1.99. The predicted octanol–water partition coefficient (Wildman–Crippen LogP) is 2.90. The Kier molecular flexibility index (Phi) is 2.64. The fourth-order valence-electron chi connectivity index (χ4n) is 1.32. The monoisotopic (exact) mass is 162 g/mol. The molecule has 0 aliphatic heterocycles. The van der Waals surface area contributed by atoms with Crippen LogP contribution in [0.5, 0.6) is 0 Å². The van der Waals surface area contributed by atoms with E-state index in [1.54, 1.807) is 0 Å². The molecule has 64 valence electrons. The average Bonchev–Trinajstić information content (AvgIpc) is 2.03. The molecule has 0 saturated heterocycles. The van der Waals surface area contributed by atoms with Crippen LogP contribution < -0.4 is 0 Å². The summed E-state index contributed by atoms with van der Waals surface area (Å²) in [6.45, 7) is 5.91. The molecule has 0 aliphatic carbocycles. The normalized spacial score (nSPS) is 9.92. The number of hydrogen-bond donors (Lipinski definition) is 0. The van der Waals surface area contributed by atoms with Gasteiger partial charge < -0.3 is 0 Å². The Morgan fingerprint density at radius 1 is 1.33 bits per heavy atom. The maximum absolute atomic E-state index is 11.3. The summed E-state index contributed by atoms with van der Waals surface area (Å²) in [5, 5.41) is 0. The lowest BCUT2D eigenvalue weighted by molar-refractivity contribution is 0.0987. The average molecular weight is 162 g/mol. The molecule has 12 heavy (non-hydrogen) atoms. The van der Waals surface area contributed by atoms with Crippen LogP contribution in [-0.2, 0) is 0 Å². The smallest absolute Gasteiger partial charge is 0.162 e. The Hall–Kier alpha value is -1.11. The van der Waals surface area contributed by atoms with Gasteiger partial charge in [0.15, 0.2) is 5.78 Å². The molecule has 0 aromatic heterocycles. The van der Waals surface area contributed by atoms with Crippen molar-refractivity contribution in [1.29, 1.82) is 0 Å². The van der Waals surface area contributed by atoms with Gasteiger partial charge in [0.1, 0.15) is 0 Å². The molecule has 1 aromatic carbocycles. The summed E-state index contributed by atoms with van der Waals surface area (Å²) < 4.78 is 0. The third-order valence-corrected chi connectivity index (χ3v) is 2.00. The zero-order valence-corrected chi connectivity index (χ0v) is 7.85. The predicted molar refractivity (Wildman–Crippen MR) is 50.5 cm³/mol. The van der Waals surface area contributed by atoms with Gasteiger partial charge in [0.25, 0.3) is 0 Å². The highest BCUT2D eigenvalue weighted by atomic mass is 16.1. The van der Waals surface area contributed by atoms with Crippen molar-refractivity contribution in [2.24, 2.45) is 0 Å². The van der Waals surface area contributed by atoms with Gasteiger partial charge in [0.05, 0.1) is 0 Å². The second-order valence-electron chi connectivity index (χ2n) is 3.10. The van der Waals surface area contributed by atoms with Crippen LogP contribution in [0.15, 0.2) is 18.2 Å². The molecule has 1 nitrogen and oxygen atoms in total. The number of Topliss-reactive ketones (excluding diaryl/α,β-unsaturated/α-hetero) is 1. The minimum atomic E-state index is 0.229. The highest BCUT2D eigenvalue weighted by Crippen LogP contribution is 2.12. The lowest BCUT2D eigenvalue weighted by Gasteiger charge is -2.03. The molecule has 0 aliphatic rings. The molecular weight excluding hydrogens is 148 g/mol. The molecule has 1 heteroatoms. The van der Waals surface area contributed by atoms with E-state index >= 15 is 0 Å². The second-order valence-corrected chi connectivity index (χ2v) is 3.10. The second kappa shape index (κ2) is 3.53. The van der Waals surface area contributed by atoms with E-state index in [2.05, 4.69) is 0 Å². The Bertz CT molecular complexity index is 300. The first-order chi connectivity index (χ1) is 5.65. The van der Waals surface area contributed by atoms with Crippen molar-refractivity contribution in [1.82, 2.24) is 0 Å². The molecule has 0 fully saturated rings. The summed E-state index contributed by atoms with van der Waals surface area (Å²) in [5.41, 5.74) is 3.16. The third kappa shape index (κ3) is 1.73. The first-order valence-electron chi connectivity index (χ1n) is 4.25. The molecule has 0 unspecified atom stereocenters. The molecule has 0 saturated carbocycles. The molecule has 0 heterocycles. The zero-order chi connectivity index (χ0) is 9.14. The van der Waals surface area contributed by atoms with E-state index in [9.17, 15) is 4.79 Å². The van der Waals surface area contributed by atoms with Crippen LogP contribution in [0.1, 0.15) is 34.8 Å². The van der Waals surface area contributed by atoms with Crippen LogP contribution in [-0.4, -0.2) is 5.78 Å². The van der Waals surface area contributed by atoms with E-state index in [1.807, 2.05) is 39.0 Å². The third-order valence-electron chi connectivity index (χ3n) is 2.00. The number of ketones is 1. The molecule has 0 spiro atoms. The lowest BCUT2D eigenvalue weighted by atomic mass is 10.0.